The summed E-state index contributed by atoms with van der Waals surface area (Å²) in [4.78, 5) is 14.8. The fraction of sp³-hybridized carbons (Fsp3) is 0.0909. The van der Waals surface area contributed by atoms with Crippen LogP contribution in [0.1, 0.15) is 10.4 Å². The van der Waals surface area contributed by atoms with Crippen molar-refractivity contribution in [3.05, 3.63) is 34.3 Å². The van der Waals surface area contributed by atoms with Crippen LogP contribution < -0.4 is 9.47 Å². The topological polar surface area (TPSA) is 68.7 Å². The lowest BCUT2D eigenvalue weighted by Gasteiger charge is -2.08. The van der Waals surface area contributed by atoms with Gasteiger partial charge in [-0.15, -0.1) is 0 Å². The van der Waals surface area contributed by atoms with Crippen LogP contribution in [0, 0.1) is 0 Å². The second-order valence-corrected chi connectivity index (χ2v) is 4.42. The Hall–Kier alpha value is -1.79. The zero-order chi connectivity index (χ0) is 13.1. The number of halogens is 1. The number of benzene rings is 1. The summed E-state index contributed by atoms with van der Waals surface area (Å²) in [6.45, 7) is 0. The van der Waals surface area contributed by atoms with Gasteiger partial charge in [0.2, 0.25) is 0 Å². The summed E-state index contributed by atoms with van der Waals surface area (Å²) in [7, 11) is 1.47. The fourth-order valence-electron chi connectivity index (χ4n) is 1.27. The Balaban J connectivity index is 2.35. The summed E-state index contributed by atoms with van der Waals surface area (Å²) in [6, 6.07) is 4.33. The molecule has 0 fully saturated rings. The SMILES string of the molecule is COc1ccc(C(=O)O)cc1Oc1nc(Cl)cs1. The zero-order valence-corrected chi connectivity index (χ0v) is 10.8. The second kappa shape index (κ2) is 5.24. The first kappa shape index (κ1) is 12.7. The molecule has 1 aromatic heterocycles. The molecule has 7 heteroatoms. The van der Waals surface area contributed by atoms with E-state index in [1.165, 1.54) is 36.6 Å². The maximum Gasteiger partial charge on any atom is 0.335 e. The Labute approximate surface area is 112 Å². The van der Waals surface area contributed by atoms with Crippen molar-refractivity contribution < 1.29 is 19.4 Å². The third-order valence-electron chi connectivity index (χ3n) is 2.06. The van der Waals surface area contributed by atoms with Crippen molar-refractivity contribution in [1.82, 2.24) is 4.98 Å². The minimum atomic E-state index is -1.04. The lowest BCUT2D eigenvalue weighted by atomic mass is 10.2. The molecule has 0 amide bonds. The van der Waals surface area contributed by atoms with E-state index in [1.54, 1.807) is 5.38 Å². The van der Waals surface area contributed by atoms with Gasteiger partial charge in [-0.05, 0) is 18.2 Å². The highest BCUT2D eigenvalue weighted by Crippen LogP contribution is 2.34. The highest BCUT2D eigenvalue weighted by atomic mass is 35.5. The third kappa shape index (κ3) is 2.72. The highest BCUT2D eigenvalue weighted by Gasteiger charge is 2.12. The lowest BCUT2D eigenvalue weighted by Crippen LogP contribution is -1.98. The summed E-state index contributed by atoms with van der Waals surface area (Å²) < 4.78 is 10.5. The van der Waals surface area contributed by atoms with Gasteiger partial charge in [-0.3, -0.25) is 0 Å². The molecule has 0 saturated carbocycles. The largest absolute Gasteiger partial charge is 0.493 e. The molecule has 1 N–H and O–H groups in total. The maximum absolute atomic E-state index is 10.9. The van der Waals surface area contributed by atoms with Gasteiger partial charge in [0.15, 0.2) is 11.5 Å². The minimum absolute atomic E-state index is 0.105. The van der Waals surface area contributed by atoms with E-state index in [0.29, 0.717) is 16.1 Å². The molecule has 2 aromatic rings. The molecule has 94 valence electrons. The predicted molar refractivity (Wildman–Crippen MR) is 67.2 cm³/mol. The van der Waals surface area contributed by atoms with E-state index in [9.17, 15) is 4.79 Å². The molecule has 0 spiro atoms. The molecule has 0 bridgehead atoms. The van der Waals surface area contributed by atoms with Crippen molar-refractivity contribution >= 4 is 28.9 Å². The smallest absolute Gasteiger partial charge is 0.335 e. The number of methoxy groups -OCH3 is 1. The summed E-state index contributed by atoms with van der Waals surface area (Å²) in [5, 5.41) is 11.2. The summed E-state index contributed by atoms with van der Waals surface area (Å²) >= 11 is 6.89. The number of ether oxygens (including phenoxy) is 2. The number of carboxylic acid groups (broad SMARTS) is 1. The molecule has 0 aliphatic carbocycles. The van der Waals surface area contributed by atoms with Crippen molar-refractivity contribution in [3.63, 3.8) is 0 Å². The first-order valence-electron chi connectivity index (χ1n) is 4.80. The molecule has 0 atom stereocenters. The first-order chi connectivity index (χ1) is 8.60. The standard InChI is InChI=1S/C11H8ClNO4S/c1-16-7-3-2-6(10(14)15)4-8(7)17-11-13-9(12)5-18-11/h2-5H,1H3,(H,14,15). The van der Waals surface area contributed by atoms with E-state index in [-0.39, 0.29) is 11.3 Å². The molecule has 0 aliphatic heterocycles. The van der Waals surface area contributed by atoms with Crippen molar-refractivity contribution in [2.45, 2.75) is 0 Å². The summed E-state index contributed by atoms with van der Waals surface area (Å²) in [5.74, 6) is -0.339. The molecule has 0 radical (unpaired) electrons. The maximum atomic E-state index is 10.9. The Morgan fingerprint density at radius 1 is 1.44 bits per heavy atom. The van der Waals surface area contributed by atoms with Gasteiger partial charge in [0.05, 0.1) is 12.7 Å². The molecule has 0 unspecified atom stereocenters. The number of carbonyl (C=O) groups is 1. The zero-order valence-electron chi connectivity index (χ0n) is 9.21. The van der Waals surface area contributed by atoms with Gasteiger partial charge in [0.1, 0.15) is 5.15 Å². The van der Waals surface area contributed by atoms with Gasteiger partial charge in [0, 0.05) is 5.38 Å². The van der Waals surface area contributed by atoms with E-state index in [1.807, 2.05) is 0 Å². The molecule has 5 nitrogen and oxygen atoms in total. The summed E-state index contributed by atoms with van der Waals surface area (Å²) in [6.07, 6.45) is 0. The number of aromatic nitrogens is 1. The molecular weight excluding hydrogens is 278 g/mol. The van der Waals surface area contributed by atoms with Crippen molar-refractivity contribution in [1.29, 1.82) is 0 Å². The molecule has 1 aromatic carbocycles. The molecular formula is C11H8ClNO4S. The average Bonchev–Trinajstić information content (AvgIpc) is 2.74. The number of hydrogen-bond acceptors (Lipinski definition) is 5. The van der Waals surface area contributed by atoms with Crippen LogP contribution in [0.15, 0.2) is 23.6 Å². The van der Waals surface area contributed by atoms with Crippen LogP contribution in [0.2, 0.25) is 5.15 Å². The van der Waals surface area contributed by atoms with Crippen molar-refractivity contribution in [2.24, 2.45) is 0 Å². The van der Waals surface area contributed by atoms with Crippen LogP contribution in [0.4, 0.5) is 0 Å². The van der Waals surface area contributed by atoms with Crippen LogP contribution in [0.3, 0.4) is 0 Å². The van der Waals surface area contributed by atoms with E-state index >= 15 is 0 Å². The Bertz CT molecular complexity index is 584. The van der Waals surface area contributed by atoms with Crippen molar-refractivity contribution in [2.75, 3.05) is 7.11 Å². The summed E-state index contributed by atoms with van der Waals surface area (Å²) in [5.41, 5.74) is 0.105. The van der Waals surface area contributed by atoms with Gasteiger partial charge in [-0.1, -0.05) is 22.9 Å². The molecule has 18 heavy (non-hydrogen) atoms. The van der Waals surface area contributed by atoms with Gasteiger partial charge in [-0.25, -0.2) is 4.79 Å². The first-order valence-corrected chi connectivity index (χ1v) is 6.06. The third-order valence-corrected chi connectivity index (χ3v) is 3.10. The van der Waals surface area contributed by atoms with E-state index in [2.05, 4.69) is 4.98 Å². The van der Waals surface area contributed by atoms with Crippen LogP contribution in [0.25, 0.3) is 0 Å². The number of thiazole rings is 1. The van der Waals surface area contributed by atoms with Gasteiger partial charge in [0.25, 0.3) is 5.19 Å². The number of hydrogen-bond donors (Lipinski definition) is 1. The minimum Gasteiger partial charge on any atom is -0.493 e. The lowest BCUT2D eigenvalue weighted by molar-refractivity contribution is 0.0696. The quantitative estimate of drug-likeness (QED) is 0.933. The Morgan fingerprint density at radius 3 is 2.78 bits per heavy atom. The molecule has 1 heterocycles. The van der Waals surface area contributed by atoms with Crippen LogP contribution in [-0.4, -0.2) is 23.2 Å². The van der Waals surface area contributed by atoms with Crippen molar-refractivity contribution in [3.8, 4) is 16.7 Å². The highest BCUT2D eigenvalue weighted by molar-refractivity contribution is 7.11. The normalized spacial score (nSPS) is 10.1. The second-order valence-electron chi connectivity index (χ2n) is 3.21. The Morgan fingerprint density at radius 2 is 2.22 bits per heavy atom. The average molecular weight is 286 g/mol. The van der Waals surface area contributed by atoms with Gasteiger partial charge in [-0.2, -0.15) is 4.98 Å². The monoisotopic (exact) mass is 285 g/mol. The van der Waals surface area contributed by atoms with Gasteiger partial charge >= 0.3 is 5.97 Å². The van der Waals surface area contributed by atoms with Crippen LogP contribution >= 0.6 is 22.9 Å². The number of carboxylic acids is 1. The van der Waals surface area contributed by atoms with E-state index in [4.69, 9.17) is 26.2 Å². The van der Waals surface area contributed by atoms with Crippen LogP contribution in [-0.2, 0) is 0 Å². The van der Waals surface area contributed by atoms with E-state index < -0.39 is 5.97 Å². The van der Waals surface area contributed by atoms with E-state index in [0.717, 1.165) is 0 Å². The predicted octanol–water partition coefficient (Wildman–Crippen LogP) is 3.30. The number of rotatable bonds is 4. The fourth-order valence-corrected chi connectivity index (χ4v) is 2.07. The number of nitrogens with zero attached hydrogens (tertiary/aromatic N) is 1. The van der Waals surface area contributed by atoms with Crippen LogP contribution in [0.5, 0.6) is 16.7 Å². The van der Waals surface area contributed by atoms with Gasteiger partial charge < -0.3 is 14.6 Å². The Kier molecular flexibility index (Phi) is 3.69. The molecule has 0 aliphatic rings. The number of aromatic carboxylic acids is 1. The molecule has 0 saturated heterocycles. The molecule has 2 rings (SSSR count).